The van der Waals surface area contributed by atoms with E-state index in [1.807, 2.05) is 24.3 Å². The summed E-state index contributed by atoms with van der Waals surface area (Å²) in [6, 6.07) is 14.2. The minimum atomic E-state index is -0.465. The van der Waals surface area contributed by atoms with Gasteiger partial charge in [0.05, 0.1) is 11.7 Å². The fourth-order valence-corrected chi connectivity index (χ4v) is 4.27. The number of nitrogens with one attached hydrogen (secondary N) is 1. The molecular formula is C22H28N4O2S. The second-order valence-corrected chi connectivity index (χ2v) is 8.15. The van der Waals surface area contributed by atoms with Gasteiger partial charge in [-0.2, -0.15) is 8.75 Å². The summed E-state index contributed by atoms with van der Waals surface area (Å²) in [5, 5.41) is 13.8. The van der Waals surface area contributed by atoms with Gasteiger partial charge in [-0.15, -0.1) is 0 Å². The van der Waals surface area contributed by atoms with Crippen molar-refractivity contribution >= 4 is 22.8 Å². The number of fused-ring (bicyclic) bond motifs is 1. The molecule has 1 saturated heterocycles. The molecule has 1 fully saturated rings. The predicted molar refractivity (Wildman–Crippen MR) is 116 cm³/mol. The molecule has 4 rings (SSSR count). The van der Waals surface area contributed by atoms with Crippen molar-refractivity contribution < 1.29 is 9.84 Å². The molecule has 29 heavy (non-hydrogen) atoms. The van der Waals surface area contributed by atoms with E-state index in [0.29, 0.717) is 19.7 Å². The van der Waals surface area contributed by atoms with Crippen LogP contribution >= 0.6 is 11.7 Å². The Morgan fingerprint density at radius 3 is 2.76 bits per heavy atom. The van der Waals surface area contributed by atoms with Crippen LogP contribution in [-0.4, -0.2) is 51.1 Å². The van der Waals surface area contributed by atoms with E-state index in [9.17, 15) is 5.11 Å². The quantitative estimate of drug-likeness (QED) is 0.562. The third kappa shape index (κ3) is 5.73. The topological polar surface area (TPSA) is 70.5 Å². The first-order valence-electron chi connectivity index (χ1n) is 10.3. The number of nitrogens with zero attached hydrogens (tertiary/aromatic N) is 3. The average molecular weight is 413 g/mol. The Labute approximate surface area is 175 Å². The molecule has 0 aliphatic carbocycles. The minimum Gasteiger partial charge on any atom is -0.491 e. The molecule has 3 aromatic rings. The molecule has 2 N–H and O–H groups in total. The van der Waals surface area contributed by atoms with Gasteiger partial charge in [0, 0.05) is 25.2 Å². The second kappa shape index (κ2) is 10.1. The van der Waals surface area contributed by atoms with Crippen molar-refractivity contribution in [1.29, 1.82) is 0 Å². The minimum absolute atomic E-state index is 0.320. The number of aliphatic hydroxyl groups is 1. The second-order valence-electron chi connectivity index (χ2n) is 7.62. The molecule has 0 radical (unpaired) electrons. The molecule has 0 bridgehead atoms. The van der Waals surface area contributed by atoms with Gasteiger partial charge in [-0.3, -0.25) is 0 Å². The van der Waals surface area contributed by atoms with E-state index in [1.165, 1.54) is 36.6 Å². The zero-order valence-electron chi connectivity index (χ0n) is 16.6. The zero-order chi connectivity index (χ0) is 19.9. The van der Waals surface area contributed by atoms with Gasteiger partial charge in [0.2, 0.25) is 0 Å². The maximum atomic E-state index is 10.4. The molecule has 0 spiro atoms. The molecule has 1 atom stereocenters. The first-order valence-corrected chi connectivity index (χ1v) is 11.0. The molecule has 1 aromatic heterocycles. The van der Waals surface area contributed by atoms with Crippen molar-refractivity contribution in [2.45, 2.75) is 38.5 Å². The Hall–Kier alpha value is -2.06. The highest BCUT2D eigenvalue weighted by Crippen LogP contribution is 2.19. The van der Waals surface area contributed by atoms with Crippen LogP contribution in [-0.2, 0) is 13.1 Å². The fourth-order valence-electron chi connectivity index (χ4n) is 3.75. The molecular weight excluding hydrogens is 384 g/mol. The highest BCUT2D eigenvalue weighted by Gasteiger charge is 2.15. The number of aliphatic hydroxyl groups excluding tert-OH is 1. The van der Waals surface area contributed by atoms with Crippen LogP contribution in [0.25, 0.3) is 11.0 Å². The molecule has 0 saturated carbocycles. The Balaban J connectivity index is 1.27. The number of ether oxygens (including phenoxy) is 1. The maximum absolute atomic E-state index is 10.4. The molecule has 0 amide bonds. The van der Waals surface area contributed by atoms with Crippen molar-refractivity contribution in [3.63, 3.8) is 0 Å². The van der Waals surface area contributed by atoms with Crippen molar-refractivity contribution in [2.24, 2.45) is 0 Å². The number of benzene rings is 2. The molecule has 2 aromatic carbocycles. The summed E-state index contributed by atoms with van der Waals surface area (Å²) in [7, 11) is 0. The Morgan fingerprint density at radius 1 is 1.03 bits per heavy atom. The van der Waals surface area contributed by atoms with E-state index in [1.54, 1.807) is 0 Å². The summed E-state index contributed by atoms with van der Waals surface area (Å²) in [6.07, 6.45) is 3.30. The first-order chi connectivity index (χ1) is 14.3. The summed E-state index contributed by atoms with van der Waals surface area (Å²) in [4.78, 5) is 2.33. The van der Waals surface area contributed by atoms with Crippen LogP contribution in [0.2, 0.25) is 0 Å². The molecule has 154 valence electrons. The lowest BCUT2D eigenvalue weighted by molar-refractivity contribution is 0.0614. The zero-order valence-corrected chi connectivity index (χ0v) is 17.4. The standard InChI is InChI=1S/C22H28N4O2S/c27-19(15-26-10-4-1-5-11-26)16-28-22-7-3-2-6-18(22)14-23-13-17-8-9-20-21(12-17)25-29-24-20/h2-3,6-9,12,19,23,27H,1,4-5,10-11,13-16H2. The normalized spacial score (nSPS) is 16.2. The largest absolute Gasteiger partial charge is 0.491 e. The number of rotatable bonds is 9. The smallest absolute Gasteiger partial charge is 0.123 e. The average Bonchev–Trinajstić information content (AvgIpc) is 3.22. The number of likely N-dealkylation sites (tertiary alicyclic amines) is 1. The first kappa shape index (κ1) is 20.2. The van der Waals surface area contributed by atoms with Crippen LogP contribution in [0.4, 0.5) is 0 Å². The van der Waals surface area contributed by atoms with Gasteiger partial charge in [-0.1, -0.05) is 30.7 Å². The summed E-state index contributed by atoms with van der Waals surface area (Å²) < 4.78 is 14.5. The fraction of sp³-hybridized carbons (Fsp3) is 0.455. The maximum Gasteiger partial charge on any atom is 0.123 e. The van der Waals surface area contributed by atoms with Crippen LogP contribution in [0.1, 0.15) is 30.4 Å². The number of piperidine rings is 1. The number of β-amino-alcohol motifs (C(OH)–C–C–N with tert-alkyl or cyclic N) is 1. The van der Waals surface area contributed by atoms with Crippen LogP contribution < -0.4 is 10.1 Å². The number of hydrogen-bond acceptors (Lipinski definition) is 7. The lowest BCUT2D eigenvalue weighted by Crippen LogP contribution is -2.38. The number of para-hydroxylation sites is 1. The van der Waals surface area contributed by atoms with Crippen LogP contribution in [0.3, 0.4) is 0 Å². The third-order valence-electron chi connectivity index (χ3n) is 5.28. The van der Waals surface area contributed by atoms with Crippen molar-refractivity contribution in [3.8, 4) is 5.75 Å². The van der Waals surface area contributed by atoms with Gasteiger partial charge in [0.25, 0.3) is 0 Å². The molecule has 7 heteroatoms. The SMILES string of the molecule is OC(COc1ccccc1CNCc1ccc2nsnc2c1)CN1CCCCC1. The van der Waals surface area contributed by atoms with Gasteiger partial charge in [-0.25, -0.2) is 0 Å². The van der Waals surface area contributed by atoms with Gasteiger partial charge >= 0.3 is 0 Å². The van der Waals surface area contributed by atoms with Crippen LogP contribution in [0, 0.1) is 0 Å². The molecule has 1 unspecified atom stereocenters. The van der Waals surface area contributed by atoms with E-state index in [-0.39, 0.29) is 0 Å². The highest BCUT2D eigenvalue weighted by molar-refractivity contribution is 7.00. The summed E-state index contributed by atoms with van der Waals surface area (Å²) >= 11 is 1.24. The molecule has 1 aliphatic rings. The van der Waals surface area contributed by atoms with Crippen molar-refractivity contribution in [3.05, 3.63) is 53.6 Å². The van der Waals surface area contributed by atoms with E-state index >= 15 is 0 Å². The Bertz CT molecular complexity index is 910. The highest BCUT2D eigenvalue weighted by atomic mass is 32.1. The molecule has 6 nitrogen and oxygen atoms in total. The van der Waals surface area contributed by atoms with E-state index in [0.717, 1.165) is 42.0 Å². The van der Waals surface area contributed by atoms with Crippen LogP contribution in [0.5, 0.6) is 5.75 Å². The van der Waals surface area contributed by atoms with Gasteiger partial charge < -0.3 is 20.1 Å². The lowest BCUT2D eigenvalue weighted by atomic mass is 10.1. The molecule has 2 heterocycles. The van der Waals surface area contributed by atoms with Crippen molar-refractivity contribution in [2.75, 3.05) is 26.2 Å². The predicted octanol–water partition coefficient (Wildman–Crippen LogP) is 3.21. The summed E-state index contributed by atoms with van der Waals surface area (Å²) in [5.41, 5.74) is 4.16. The van der Waals surface area contributed by atoms with Gasteiger partial charge in [0.1, 0.15) is 29.5 Å². The van der Waals surface area contributed by atoms with Gasteiger partial charge in [0.15, 0.2) is 0 Å². The van der Waals surface area contributed by atoms with Gasteiger partial charge in [-0.05, 0) is 49.7 Å². The monoisotopic (exact) mass is 412 g/mol. The van der Waals surface area contributed by atoms with Crippen LogP contribution in [0.15, 0.2) is 42.5 Å². The number of aromatic nitrogens is 2. The Morgan fingerprint density at radius 2 is 1.86 bits per heavy atom. The van der Waals surface area contributed by atoms with E-state index < -0.39 is 6.10 Å². The van der Waals surface area contributed by atoms with E-state index in [4.69, 9.17) is 4.74 Å². The lowest BCUT2D eigenvalue weighted by Gasteiger charge is -2.28. The Kier molecular flexibility index (Phi) is 7.05. The number of hydrogen-bond donors (Lipinski definition) is 2. The summed E-state index contributed by atoms with van der Waals surface area (Å²) in [5.74, 6) is 0.830. The van der Waals surface area contributed by atoms with E-state index in [2.05, 4.69) is 37.2 Å². The molecule has 1 aliphatic heterocycles. The third-order valence-corrected chi connectivity index (χ3v) is 5.84. The van der Waals surface area contributed by atoms with Crippen molar-refractivity contribution in [1.82, 2.24) is 19.0 Å². The summed E-state index contributed by atoms with van der Waals surface area (Å²) in [6.45, 7) is 4.63.